The Hall–Kier alpha value is -1.23. The third-order valence-electron chi connectivity index (χ3n) is 3.49. The van der Waals surface area contributed by atoms with E-state index in [9.17, 15) is 18.3 Å². The van der Waals surface area contributed by atoms with Crippen molar-refractivity contribution < 1.29 is 18.3 Å². The maximum atomic E-state index is 12.6. The zero-order valence-corrected chi connectivity index (χ0v) is 11.4. The number of alkyl halides is 3. The van der Waals surface area contributed by atoms with Crippen LogP contribution in [-0.2, 0) is 6.18 Å². The number of benzene rings is 1. The molecular weight excluding hydrogens is 255 g/mol. The van der Waals surface area contributed by atoms with Gasteiger partial charge in [0.15, 0.2) is 0 Å². The Morgan fingerprint density at radius 2 is 1.74 bits per heavy atom. The summed E-state index contributed by atoms with van der Waals surface area (Å²) in [5.74, 6) is 0. The molecule has 0 fully saturated rings. The van der Waals surface area contributed by atoms with Crippen LogP contribution in [0.1, 0.15) is 37.8 Å². The fraction of sp³-hybridized carbons (Fsp3) is 0.571. The zero-order chi connectivity index (χ0) is 14.7. The van der Waals surface area contributed by atoms with Crippen molar-refractivity contribution in [1.82, 2.24) is 0 Å². The van der Waals surface area contributed by atoms with E-state index in [0.29, 0.717) is 18.5 Å². The summed E-state index contributed by atoms with van der Waals surface area (Å²) in [6.45, 7) is 5.68. The molecule has 0 unspecified atom stereocenters. The molecule has 0 amide bonds. The first-order valence-electron chi connectivity index (χ1n) is 6.36. The summed E-state index contributed by atoms with van der Waals surface area (Å²) in [5.41, 5.74) is -0.435. The normalized spacial score (nSPS) is 12.6. The van der Waals surface area contributed by atoms with Gasteiger partial charge >= 0.3 is 6.18 Å². The fourth-order valence-electron chi connectivity index (χ4n) is 1.75. The number of hydrogen-bond donors (Lipinski definition) is 2. The van der Waals surface area contributed by atoms with Crippen molar-refractivity contribution in [3.05, 3.63) is 29.3 Å². The van der Waals surface area contributed by atoms with E-state index < -0.39 is 17.3 Å². The highest BCUT2D eigenvalue weighted by Crippen LogP contribution is 2.32. The second-order valence-corrected chi connectivity index (χ2v) is 4.81. The van der Waals surface area contributed by atoms with Gasteiger partial charge < -0.3 is 10.4 Å². The SMILES string of the molecule is CCC(O)(CC)CNc1cc(C(F)(F)F)ccc1C. The van der Waals surface area contributed by atoms with Crippen LogP contribution in [0.5, 0.6) is 0 Å². The van der Waals surface area contributed by atoms with E-state index in [4.69, 9.17) is 0 Å². The van der Waals surface area contributed by atoms with E-state index in [1.165, 1.54) is 6.07 Å². The Labute approximate surface area is 111 Å². The summed E-state index contributed by atoms with van der Waals surface area (Å²) < 4.78 is 37.9. The largest absolute Gasteiger partial charge is 0.416 e. The number of nitrogens with one attached hydrogen (secondary N) is 1. The first-order chi connectivity index (χ1) is 8.72. The maximum Gasteiger partial charge on any atom is 0.416 e. The van der Waals surface area contributed by atoms with Gasteiger partial charge in [-0.1, -0.05) is 19.9 Å². The van der Waals surface area contributed by atoms with E-state index in [1.54, 1.807) is 6.92 Å². The lowest BCUT2D eigenvalue weighted by atomic mass is 9.97. The van der Waals surface area contributed by atoms with Crippen LogP contribution in [-0.4, -0.2) is 17.3 Å². The quantitative estimate of drug-likeness (QED) is 0.852. The zero-order valence-electron chi connectivity index (χ0n) is 11.4. The lowest BCUT2D eigenvalue weighted by molar-refractivity contribution is -0.137. The van der Waals surface area contributed by atoms with Crippen LogP contribution in [0.25, 0.3) is 0 Å². The number of anilines is 1. The minimum absolute atomic E-state index is 0.238. The highest BCUT2D eigenvalue weighted by atomic mass is 19.4. The molecule has 2 nitrogen and oxygen atoms in total. The van der Waals surface area contributed by atoms with Gasteiger partial charge in [0.2, 0.25) is 0 Å². The van der Waals surface area contributed by atoms with E-state index in [2.05, 4.69) is 5.32 Å². The highest BCUT2D eigenvalue weighted by molar-refractivity contribution is 5.53. The molecule has 5 heteroatoms. The van der Waals surface area contributed by atoms with Crippen LogP contribution in [0, 0.1) is 6.92 Å². The molecule has 0 radical (unpaired) electrons. The predicted molar refractivity (Wildman–Crippen MR) is 70.2 cm³/mol. The van der Waals surface area contributed by atoms with Crippen molar-refractivity contribution in [1.29, 1.82) is 0 Å². The first-order valence-corrected chi connectivity index (χ1v) is 6.36. The number of aliphatic hydroxyl groups is 1. The summed E-state index contributed by atoms with van der Waals surface area (Å²) in [5, 5.41) is 13.0. The topological polar surface area (TPSA) is 32.3 Å². The Kier molecular flexibility index (Phi) is 4.85. The molecule has 0 aliphatic rings. The van der Waals surface area contributed by atoms with Gasteiger partial charge in [-0.2, -0.15) is 13.2 Å². The minimum atomic E-state index is -4.35. The lowest BCUT2D eigenvalue weighted by Crippen LogP contribution is -2.35. The van der Waals surface area contributed by atoms with Gasteiger partial charge in [-0.15, -0.1) is 0 Å². The monoisotopic (exact) mass is 275 g/mol. The van der Waals surface area contributed by atoms with Crippen LogP contribution in [0.3, 0.4) is 0 Å². The number of aryl methyl sites for hydroxylation is 1. The molecule has 0 aromatic heterocycles. The van der Waals surface area contributed by atoms with Gasteiger partial charge in [0, 0.05) is 12.2 Å². The molecule has 0 aliphatic heterocycles. The molecule has 1 aromatic carbocycles. The third-order valence-corrected chi connectivity index (χ3v) is 3.49. The molecule has 0 spiro atoms. The lowest BCUT2D eigenvalue weighted by Gasteiger charge is -2.26. The molecule has 0 saturated carbocycles. The number of rotatable bonds is 5. The van der Waals surface area contributed by atoms with Crippen molar-refractivity contribution in [3.63, 3.8) is 0 Å². The van der Waals surface area contributed by atoms with Crippen molar-refractivity contribution in [2.75, 3.05) is 11.9 Å². The molecule has 0 aliphatic carbocycles. The molecule has 1 rings (SSSR count). The van der Waals surface area contributed by atoms with Crippen LogP contribution in [0.4, 0.5) is 18.9 Å². The first kappa shape index (κ1) is 15.8. The summed E-state index contributed by atoms with van der Waals surface area (Å²) in [6.07, 6.45) is -3.25. The Morgan fingerprint density at radius 1 is 1.16 bits per heavy atom. The second-order valence-electron chi connectivity index (χ2n) is 4.81. The average molecular weight is 275 g/mol. The smallest absolute Gasteiger partial charge is 0.388 e. The molecule has 19 heavy (non-hydrogen) atoms. The van der Waals surface area contributed by atoms with Crippen LogP contribution >= 0.6 is 0 Å². The van der Waals surface area contributed by atoms with Gasteiger partial charge in [-0.05, 0) is 37.5 Å². The van der Waals surface area contributed by atoms with E-state index in [1.807, 2.05) is 13.8 Å². The summed E-state index contributed by atoms with van der Waals surface area (Å²) in [7, 11) is 0. The summed E-state index contributed by atoms with van der Waals surface area (Å²) in [4.78, 5) is 0. The Bertz CT molecular complexity index is 425. The molecule has 0 bridgehead atoms. The predicted octanol–water partition coefficient (Wildman–Crippen LogP) is 3.98. The van der Waals surface area contributed by atoms with Crippen molar-refractivity contribution in [2.24, 2.45) is 0 Å². The third kappa shape index (κ3) is 4.13. The van der Waals surface area contributed by atoms with Crippen molar-refractivity contribution in [3.8, 4) is 0 Å². The fourth-order valence-corrected chi connectivity index (χ4v) is 1.75. The van der Waals surface area contributed by atoms with E-state index >= 15 is 0 Å². The molecule has 0 heterocycles. The Balaban J connectivity index is 2.89. The van der Waals surface area contributed by atoms with Gasteiger partial charge in [0.1, 0.15) is 0 Å². The van der Waals surface area contributed by atoms with Gasteiger partial charge in [-0.25, -0.2) is 0 Å². The van der Waals surface area contributed by atoms with Crippen LogP contribution < -0.4 is 5.32 Å². The molecule has 2 N–H and O–H groups in total. The maximum absolute atomic E-state index is 12.6. The van der Waals surface area contributed by atoms with Gasteiger partial charge in [0.25, 0.3) is 0 Å². The average Bonchev–Trinajstić information content (AvgIpc) is 2.36. The number of hydrogen-bond acceptors (Lipinski definition) is 2. The van der Waals surface area contributed by atoms with E-state index in [0.717, 1.165) is 17.7 Å². The molecule has 108 valence electrons. The summed E-state index contributed by atoms with van der Waals surface area (Å²) >= 11 is 0. The Morgan fingerprint density at radius 3 is 2.21 bits per heavy atom. The van der Waals surface area contributed by atoms with Gasteiger partial charge in [0.05, 0.1) is 11.2 Å². The second kappa shape index (κ2) is 5.82. The van der Waals surface area contributed by atoms with Crippen molar-refractivity contribution >= 4 is 5.69 Å². The van der Waals surface area contributed by atoms with Gasteiger partial charge in [-0.3, -0.25) is 0 Å². The summed E-state index contributed by atoms with van der Waals surface area (Å²) in [6, 6.07) is 3.58. The van der Waals surface area contributed by atoms with E-state index in [-0.39, 0.29) is 6.54 Å². The molecular formula is C14H20F3NO. The molecule has 0 atom stereocenters. The highest BCUT2D eigenvalue weighted by Gasteiger charge is 2.31. The van der Waals surface area contributed by atoms with Crippen LogP contribution in [0.15, 0.2) is 18.2 Å². The molecule has 0 saturated heterocycles. The minimum Gasteiger partial charge on any atom is -0.388 e. The number of halogens is 3. The standard InChI is InChI=1S/C14H20F3NO/c1-4-13(19,5-2)9-18-12-8-11(14(15,16)17)7-6-10(12)3/h6-8,18-19H,4-5,9H2,1-3H3. The van der Waals surface area contributed by atoms with Crippen molar-refractivity contribution in [2.45, 2.75) is 45.4 Å². The van der Waals surface area contributed by atoms with Crippen LogP contribution in [0.2, 0.25) is 0 Å². The molecule has 1 aromatic rings.